The number of carbonyl (C=O) groups excluding carboxylic acids is 1. The third kappa shape index (κ3) is 5.73. The lowest BCUT2D eigenvalue weighted by atomic mass is 9.76. The van der Waals surface area contributed by atoms with Crippen molar-refractivity contribution < 1.29 is 22.4 Å². The molecule has 1 aliphatic carbocycles. The largest absolute Gasteiger partial charge is 0.416 e. The zero-order valence-electron chi connectivity index (χ0n) is 25.3. The van der Waals surface area contributed by atoms with E-state index in [-0.39, 0.29) is 29.7 Å². The summed E-state index contributed by atoms with van der Waals surface area (Å²) < 4.78 is 55.9. The molecule has 0 radical (unpaired) electrons. The summed E-state index contributed by atoms with van der Waals surface area (Å²) in [4.78, 5) is 19.9. The highest BCUT2D eigenvalue weighted by atomic mass is 19.4. The second-order valence-corrected chi connectivity index (χ2v) is 12.5. The van der Waals surface area contributed by atoms with Crippen LogP contribution in [-0.4, -0.2) is 46.8 Å². The fourth-order valence-corrected chi connectivity index (χ4v) is 7.16. The molecule has 3 fully saturated rings. The zero-order valence-corrected chi connectivity index (χ0v) is 25.3. The van der Waals surface area contributed by atoms with Gasteiger partial charge in [0.15, 0.2) is 0 Å². The topological polar surface area (TPSA) is 26.8 Å². The van der Waals surface area contributed by atoms with Gasteiger partial charge in [0.2, 0.25) is 5.91 Å². The van der Waals surface area contributed by atoms with Crippen LogP contribution >= 0.6 is 0 Å². The van der Waals surface area contributed by atoms with Gasteiger partial charge in [0.1, 0.15) is 5.82 Å². The molecular formula is C35H41F4N3O. The van der Waals surface area contributed by atoms with E-state index >= 15 is 0 Å². The Hall–Kier alpha value is -3.55. The summed E-state index contributed by atoms with van der Waals surface area (Å²) in [7, 11) is 1.85. The molecule has 2 aromatic rings. The molecule has 2 aromatic carbocycles. The van der Waals surface area contributed by atoms with E-state index in [1.807, 2.05) is 36.8 Å². The van der Waals surface area contributed by atoms with E-state index in [9.17, 15) is 22.4 Å². The summed E-state index contributed by atoms with van der Waals surface area (Å²) in [5, 5.41) is 0. The molecule has 3 aliphatic rings. The molecule has 4 nitrogen and oxygen atoms in total. The molecule has 230 valence electrons. The highest BCUT2D eigenvalue weighted by Crippen LogP contribution is 2.51. The van der Waals surface area contributed by atoms with E-state index in [1.165, 1.54) is 24.3 Å². The van der Waals surface area contributed by atoms with Crippen LogP contribution in [0.3, 0.4) is 0 Å². The van der Waals surface area contributed by atoms with Crippen molar-refractivity contribution in [1.29, 1.82) is 0 Å². The minimum Gasteiger partial charge on any atom is -0.355 e. The smallest absolute Gasteiger partial charge is 0.355 e. The summed E-state index contributed by atoms with van der Waals surface area (Å²) >= 11 is 0. The van der Waals surface area contributed by atoms with Gasteiger partial charge in [-0.1, -0.05) is 30.9 Å². The Labute approximate surface area is 252 Å². The van der Waals surface area contributed by atoms with E-state index in [1.54, 1.807) is 18.2 Å². The van der Waals surface area contributed by atoms with Gasteiger partial charge < -0.3 is 14.7 Å². The number of carbonyl (C=O) groups is 1. The molecule has 0 spiro atoms. The number of hydrogen-bond donors (Lipinski definition) is 0. The number of hydrogen-bond acceptors (Lipinski definition) is 3. The van der Waals surface area contributed by atoms with Crippen molar-refractivity contribution in [1.82, 2.24) is 14.7 Å². The summed E-state index contributed by atoms with van der Waals surface area (Å²) in [6.07, 6.45) is 2.57. The van der Waals surface area contributed by atoms with Crippen molar-refractivity contribution in [3.63, 3.8) is 0 Å². The molecule has 5 rings (SSSR count). The van der Waals surface area contributed by atoms with Crippen molar-refractivity contribution in [3.8, 4) is 0 Å². The minimum absolute atomic E-state index is 0.0746. The van der Waals surface area contributed by atoms with Gasteiger partial charge in [-0.3, -0.25) is 4.79 Å². The molecule has 2 heterocycles. The van der Waals surface area contributed by atoms with Gasteiger partial charge in [0.05, 0.1) is 34.9 Å². The molecule has 0 bridgehead atoms. The Morgan fingerprint density at radius 2 is 1.79 bits per heavy atom. The first-order valence-corrected chi connectivity index (χ1v) is 15.0. The number of benzene rings is 2. The Bertz CT molecular complexity index is 1420. The van der Waals surface area contributed by atoms with Gasteiger partial charge in [-0.15, -0.1) is 13.2 Å². The normalized spacial score (nSPS) is 22.3. The maximum atomic E-state index is 14.3. The number of allylic oxidation sites excluding steroid dienone is 2. The van der Waals surface area contributed by atoms with Gasteiger partial charge >= 0.3 is 6.18 Å². The Morgan fingerprint density at radius 3 is 2.37 bits per heavy atom. The maximum Gasteiger partial charge on any atom is 0.416 e. The molecule has 2 saturated heterocycles. The maximum absolute atomic E-state index is 14.3. The minimum atomic E-state index is -4.44. The first-order valence-electron chi connectivity index (χ1n) is 15.0. The average molecular weight is 596 g/mol. The van der Waals surface area contributed by atoms with Gasteiger partial charge in [-0.2, -0.15) is 13.2 Å². The average Bonchev–Trinajstić information content (AvgIpc) is 3.77. The van der Waals surface area contributed by atoms with Gasteiger partial charge in [0, 0.05) is 20.1 Å². The first kappa shape index (κ1) is 30.9. The highest BCUT2D eigenvalue weighted by molar-refractivity contribution is 5.86. The van der Waals surface area contributed by atoms with E-state index < -0.39 is 23.2 Å². The number of halogens is 4. The van der Waals surface area contributed by atoms with Crippen molar-refractivity contribution in [2.24, 2.45) is 5.41 Å². The van der Waals surface area contributed by atoms with Crippen LogP contribution in [0, 0.1) is 18.2 Å². The van der Waals surface area contributed by atoms with Crippen molar-refractivity contribution in [2.75, 3.05) is 20.1 Å². The SMILES string of the molecule is C=CCC1(CC=C)CC2C(c3ccc(F)cc3C)N(C(=C)N(C)[C@H](C)c3cc(C4CC4)cc(C(F)(F)F)c3)CCN2C1=O. The van der Waals surface area contributed by atoms with Crippen LogP contribution < -0.4 is 0 Å². The van der Waals surface area contributed by atoms with Crippen molar-refractivity contribution in [2.45, 2.75) is 76.2 Å². The first-order chi connectivity index (χ1) is 20.3. The van der Waals surface area contributed by atoms with Crippen LogP contribution in [0.1, 0.15) is 84.8 Å². The lowest BCUT2D eigenvalue weighted by Crippen LogP contribution is -2.54. The molecule has 1 amide bonds. The van der Waals surface area contributed by atoms with Crippen LogP contribution in [0.25, 0.3) is 0 Å². The Morgan fingerprint density at radius 1 is 1.12 bits per heavy atom. The lowest BCUT2D eigenvalue weighted by molar-refractivity contribution is -0.139. The molecule has 1 saturated carbocycles. The van der Waals surface area contributed by atoms with Crippen molar-refractivity contribution in [3.05, 3.63) is 108 Å². The van der Waals surface area contributed by atoms with E-state index in [2.05, 4.69) is 24.6 Å². The van der Waals surface area contributed by atoms with Crippen LogP contribution in [0.4, 0.5) is 17.6 Å². The summed E-state index contributed by atoms with van der Waals surface area (Å²) in [5.41, 5.74) is 1.71. The molecule has 2 unspecified atom stereocenters. The Balaban J connectivity index is 1.52. The molecule has 0 aromatic heterocycles. The Kier molecular flexibility index (Phi) is 8.27. The van der Waals surface area contributed by atoms with E-state index in [0.717, 1.165) is 29.5 Å². The predicted octanol–water partition coefficient (Wildman–Crippen LogP) is 8.29. The van der Waals surface area contributed by atoms with E-state index in [4.69, 9.17) is 0 Å². The summed E-state index contributed by atoms with van der Waals surface area (Å²) in [5.74, 6) is 0.553. The molecule has 3 atom stereocenters. The number of nitrogens with zero attached hydrogens (tertiary/aromatic N) is 3. The third-order valence-electron chi connectivity index (χ3n) is 9.77. The molecular weight excluding hydrogens is 554 g/mol. The van der Waals surface area contributed by atoms with Gasteiger partial charge in [-0.05, 0) is 98.4 Å². The van der Waals surface area contributed by atoms with E-state index in [0.29, 0.717) is 43.7 Å². The number of alkyl halides is 3. The van der Waals surface area contributed by atoms with Crippen LogP contribution in [0.15, 0.2) is 74.1 Å². The fourth-order valence-electron chi connectivity index (χ4n) is 7.16. The second kappa shape index (κ2) is 11.5. The van der Waals surface area contributed by atoms with Crippen molar-refractivity contribution >= 4 is 5.91 Å². The standard InChI is InChI=1S/C35H41F4N3O/c1-7-13-34(14-8-2)21-31-32(30-12-11-29(36)17-22(30)3)41(15-16-42(31)33(34)43)24(5)40(6)23(4)26-18-27(25-9-10-25)20-28(19-26)35(37,38)39/h7-8,11-12,17-20,23,25,31-32H,1-2,5,9-10,13-16,21H2,3-4,6H3/t23-,31?,32?/m1/s1. The van der Waals surface area contributed by atoms with Crippen LogP contribution in [-0.2, 0) is 11.0 Å². The number of rotatable bonds is 10. The number of piperazine rings is 1. The molecule has 0 N–H and O–H groups in total. The molecule has 43 heavy (non-hydrogen) atoms. The monoisotopic (exact) mass is 595 g/mol. The highest BCUT2D eigenvalue weighted by Gasteiger charge is 2.55. The number of amides is 1. The fraction of sp³-hybridized carbons (Fsp3) is 0.457. The number of aryl methyl sites for hydroxylation is 1. The second-order valence-electron chi connectivity index (χ2n) is 12.5. The quantitative estimate of drug-likeness (QED) is 0.204. The predicted molar refractivity (Wildman–Crippen MR) is 161 cm³/mol. The van der Waals surface area contributed by atoms with Crippen LogP contribution in [0.2, 0.25) is 0 Å². The molecule has 8 heteroatoms. The zero-order chi connectivity index (χ0) is 31.3. The summed E-state index contributed by atoms with van der Waals surface area (Å²) in [6.45, 7) is 17.0. The van der Waals surface area contributed by atoms with Gasteiger partial charge in [0.25, 0.3) is 0 Å². The molecule has 2 aliphatic heterocycles. The lowest BCUT2D eigenvalue weighted by Gasteiger charge is -2.49. The van der Waals surface area contributed by atoms with Crippen LogP contribution in [0.5, 0.6) is 0 Å². The summed E-state index contributed by atoms with van der Waals surface area (Å²) in [6, 6.07) is 8.22. The van der Waals surface area contributed by atoms with Gasteiger partial charge in [-0.25, -0.2) is 4.39 Å². The number of fused-ring (bicyclic) bond motifs is 1. The third-order valence-corrected chi connectivity index (χ3v) is 9.77.